The van der Waals surface area contributed by atoms with Gasteiger partial charge in [-0.15, -0.1) is 0 Å². The first-order valence-electron chi connectivity index (χ1n) is 6.65. The monoisotopic (exact) mass is 234 g/mol. The molecule has 0 amide bonds. The smallest absolute Gasteiger partial charge is 0.0470 e. The summed E-state index contributed by atoms with van der Waals surface area (Å²) >= 11 is 0. The number of likely N-dealkylation sites (N-methyl/N-ethyl adjacent to an activating group) is 1. The minimum absolute atomic E-state index is 0.360. The molecule has 1 rings (SSSR count). The molecule has 0 spiro atoms. The van der Waals surface area contributed by atoms with Crippen LogP contribution in [-0.4, -0.2) is 24.5 Å². The summed E-state index contributed by atoms with van der Waals surface area (Å²) in [5.74, 6) is 0. The second kappa shape index (κ2) is 6.77. The van der Waals surface area contributed by atoms with Crippen molar-refractivity contribution in [2.75, 3.05) is 19.6 Å². The highest BCUT2D eigenvalue weighted by Crippen LogP contribution is 2.22. The summed E-state index contributed by atoms with van der Waals surface area (Å²) < 4.78 is 0. The van der Waals surface area contributed by atoms with Gasteiger partial charge >= 0.3 is 0 Å². The van der Waals surface area contributed by atoms with Crippen molar-refractivity contribution in [1.29, 1.82) is 0 Å². The van der Waals surface area contributed by atoms with Crippen LogP contribution in [0.15, 0.2) is 18.2 Å². The zero-order valence-electron chi connectivity index (χ0n) is 11.7. The average molecular weight is 234 g/mol. The van der Waals surface area contributed by atoms with Crippen molar-refractivity contribution >= 4 is 0 Å². The highest BCUT2D eigenvalue weighted by molar-refractivity contribution is 5.32. The molecule has 0 bridgehead atoms. The van der Waals surface area contributed by atoms with E-state index in [0.29, 0.717) is 12.6 Å². The highest BCUT2D eigenvalue weighted by Gasteiger charge is 2.17. The Morgan fingerprint density at radius 3 is 2.35 bits per heavy atom. The lowest BCUT2D eigenvalue weighted by molar-refractivity contribution is 0.213. The zero-order chi connectivity index (χ0) is 12.8. The third-order valence-corrected chi connectivity index (χ3v) is 3.50. The lowest BCUT2D eigenvalue weighted by Crippen LogP contribution is -2.34. The van der Waals surface area contributed by atoms with E-state index in [4.69, 9.17) is 5.73 Å². The summed E-state index contributed by atoms with van der Waals surface area (Å²) in [6, 6.07) is 7.07. The first-order valence-corrected chi connectivity index (χ1v) is 6.65. The molecule has 0 aliphatic carbocycles. The molecule has 2 nitrogen and oxygen atoms in total. The number of hydrogen-bond acceptors (Lipinski definition) is 2. The second-order valence-electron chi connectivity index (χ2n) is 4.72. The Hall–Kier alpha value is -0.860. The van der Waals surface area contributed by atoms with Crippen LogP contribution in [0.2, 0.25) is 0 Å². The van der Waals surface area contributed by atoms with Crippen LogP contribution in [0.25, 0.3) is 0 Å². The van der Waals surface area contributed by atoms with Crippen LogP contribution >= 0.6 is 0 Å². The second-order valence-corrected chi connectivity index (χ2v) is 4.72. The molecule has 1 aromatic carbocycles. The van der Waals surface area contributed by atoms with Crippen LogP contribution in [-0.2, 0) is 0 Å². The van der Waals surface area contributed by atoms with Gasteiger partial charge < -0.3 is 5.73 Å². The van der Waals surface area contributed by atoms with E-state index >= 15 is 0 Å². The summed E-state index contributed by atoms with van der Waals surface area (Å²) in [6.07, 6.45) is 1.18. The topological polar surface area (TPSA) is 29.3 Å². The van der Waals surface area contributed by atoms with E-state index in [2.05, 4.69) is 50.8 Å². The van der Waals surface area contributed by atoms with Crippen molar-refractivity contribution in [2.45, 2.75) is 40.2 Å². The van der Waals surface area contributed by atoms with Crippen molar-refractivity contribution in [2.24, 2.45) is 5.73 Å². The molecular formula is C15H26N2. The van der Waals surface area contributed by atoms with Crippen LogP contribution in [0.5, 0.6) is 0 Å². The largest absolute Gasteiger partial charge is 0.329 e. The standard InChI is InChI=1S/C15H26N2/c1-5-9-17(6-2)15(11-16)14-8-7-12(3)13(4)10-14/h7-8,10,15H,5-6,9,11,16H2,1-4H3. The number of benzene rings is 1. The van der Waals surface area contributed by atoms with E-state index in [1.807, 2.05) is 0 Å². The highest BCUT2D eigenvalue weighted by atomic mass is 15.2. The molecule has 96 valence electrons. The predicted molar refractivity (Wildman–Crippen MR) is 75.2 cm³/mol. The molecule has 1 atom stereocenters. The van der Waals surface area contributed by atoms with Gasteiger partial charge in [0.2, 0.25) is 0 Å². The van der Waals surface area contributed by atoms with Gasteiger partial charge in [0.05, 0.1) is 0 Å². The Morgan fingerprint density at radius 2 is 1.88 bits per heavy atom. The van der Waals surface area contributed by atoms with Crippen LogP contribution in [0, 0.1) is 13.8 Å². The summed E-state index contributed by atoms with van der Waals surface area (Å²) in [5.41, 5.74) is 10.0. The van der Waals surface area contributed by atoms with Crippen molar-refractivity contribution < 1.29 is 0 Å². The van der Waals surface area contributed by atoms with E-state index in [0.717, 1.165) is 13.1 Å². The molecule has 0 aliphatic heterocycles. The van der Waals surface area contributed by atoms with E-state index in [1.54, 1.807) is 0 Å². The lowest BCUT2D eigenvalue weighted by Gasteiger charge is -2.30. The van der Waals surface area contributed by atoms with Gasteiger partial charge in [-0.3, -0.25) is 4.90 Å². The fraction of sp³-hybridized carbons (Fsp3) is 0.600. The molecule has 17 heavy (non-hydrogen) atoms. The van der Waals surface area contributed by atoms with Gasteiger partial charge in [0.1, 0.15) is 0 Å². The van der Waals surface area contributed by atoms with Crippen LogP contribution in [0.1, 0.15) is 43.0 Å². The molecule has 2 heteroatoms. The number of nitrogens with two attached hydrogens (primary N) is 1. The van der Waals surface area contributed by atoms with E-state index in [1.165, 1.54) is 23.1 Å². The fourth-order valence-corrected chi connectivity index (χ4v) is 2.29. The molecule has 0 saturated heterocycles. The Bertz CT molecular complexity index is 347. The average Bonchev–Trinajstić information content (AvgIpc) is 2.33. The van der Waals surface area contributed by atoms with Gasteiger partial charge in [0.15, 0.2) is 0 Å². The van der Waals surface area contributed by atoms with Crippen molar-refractivity contribution in [3.05, 3.63) is 34.9 Å². The lowest BCUT2D eigenvalue weighted by atomic mass is 10.00. The maximum atomic E-state index is 5.96. The summed E-state index contributed by atoms with van der Waals surface area (Å²) in [6.45, 7) is 11.6. The van der Waals surface area contributed by atoms with Gasteiger partial charge in [0, 0.05) is 12.6 Å². The third-order valence-electron chi connectivity index (χ3n) is 3.50. The molecule has 0 saturated carbocycles. The van der Waals surface area contributed by atoms with Gasteiger partial charge in [-0.2, -0.15) is 0 Å². The molecule has 1 unspecified atom stereocenters. The van der Waals surface area contributed by atoms with Crippen molar-refractivity contribution in [1.82, 2.24) is 4.90 Å². The minimum Gasteiger partial charge on any atom is -0.329 e. The summed E-state index contributed by atoms with van der Waals surface area (Å²) in [4.78, 5) is 2.46. The minimum atomic E-state index is 0.360. The van der Waals surface area contributed by atoms with Crippen LogP contribution < -0.4 is 5.73 Å². The molecular weight excluding hydrogens is 208 g/mol. The first-order chi connectivity index (χ1) is 8.13. The quantitative estimate of drug-likeness (QED) is 0.819. The Balaban J connectivity index is 2.95. The Morgan fingerprint density at radius 1 is 1.18 bits per heavy atom. The number of hydrogen-bond donors (Lipinski definition) is 1. The van der Waals surface area contributed by atoms with E-state index < -0.39 is 0 Å². The van der Waals surface area contributed by atoms with Crippen molar-refractivity contribution in [3.63, 3.8) is 0 Å². The van der Waals surface area contributed by atoms with Crippen molar-refractivity contribution in [3.8, 4) is 0 Å². The SMILES string of the molecule is CCCN(CC)C(CN)c1ccc(C)c(C)c1. The number of aryl methyl sites for hydroxylation is 2. The van der Waals surface area contributed by atoms with Gasteiger partial charge in [-0.1, -0.05) is 32.0 Å². The normalized spacial score (nSPS) is 13.1. The maximum Gasteiger partial charge on any atom is 0.0470 e. The van der Waals surface area contributed by atoms with Gasteiger partial charge in [-0.25, -0.2) is 0 Å². The zero-order valence-corrected chi connectivity index (χ0v) is 11.7. The molecule has 0 aliphatic rings. The molecule has 1 aromatic rings. The summed E-state index contributed by atoms with van der Waals surface area (Å²) in [5, 5.41) is 0. The Labute approximate surface area is 106 Å². The summed E-state index contributed by atoms with van der Waals surface area (Å²) in [7, 11) is 0. The molecule has 0 fully saturated rings. The van der Waals surface area contributed by atoms with Gasteiger partial charge in [-0.05, 0) is 50.0 Å². The first kappa shape index (κ1) is 14.2. The maximum absolute atomic E-state index is 5.96. The predicted octanol–water partition coefficient (Wildman–Crippen LogP) is 3.04. The van der Waals surface area contributed by atoms with Crippen LogP contribution in [0.3, 0.4) is 0 Å². The number of rotatable bonds is 6. The molecule has 0 aromatic heterocycles. The number of nitrogens with zero attached hydrogens (tertiary/aromatic N) is 1. The fourth-order valence-electron chi connectivity index (χ4n) is 2.29. The Kier molecular flexibility index (Phi) is 5.66. The molecule has 0 radical (unpaired) electrons. The molecule has 2 N–H and O–H groups in total. The van der Waals surface area contributed by atoms with E-state index in [-0.39, 0.29) is 0 Å². The molecule has 0 heterocycles. The van der Waals surface area contributed by atoms with E-state index in [9.17, 15) is 0 Å². The third kappa shape index (κ3) is 3.55. The van der Waals surface area contributed by atoms with Crippen LogP contribution in [0.4, 0.5) is 0 Å². The van der Waals surface area contributed by atoms with Gasteiger partial charge in [0.25, 0.3) is 0 Å².